The van der Waals surface area contributed by atoms with Gasteiger partial charge in [0.15, 0.2) is 0 Å². The van der Waals surface area contributed by atoms with Crippen molar-refractivity contribution in [3.63, 3.8) is 0 Å². The van der Waals surface area contributed by atoms with Crippen LogP contribution in [-0.2, 0) is 11.3 Å². The number of carbonyl (C=O) groups is 2. The fraction of sp³-hybridized carbons (Fsp3) is 0.500. The third kappa shape index (κ3) is 5.16. The van der Waals surface area contributed by atoms with Crippen molar-refractivity contribution in [2.75, 3.05) is 6.54 Å². The molecule has 5 heteroatoms. The highest BCUT2D eigenvalue weighted by molar-refractivity contribution is 5.94. The van der Waals surface area contributed by atoms with E-state index in [-0.39, 0.29) is 17.9 Å². The van der Waals surface area contributed by atoms with Gasteiger partial charge in [-0.2, -0.15) is 0 Å². The molecule has 1 aromatic carbocycles. The molecule has 0 aliphatic carbocycles. The molecule has 0 bridgehead atoms. The molecule has 1 atom stereocenters. The third-order valence-electron chi connectivity index (χ3n) is 4.42. The lowest BCUT2D eigenvalue weighted by molar-refractivity contribution is -0.116. The first-order valence-electron chi connectivity index (χ1n) is 8.73. The van der Waals surface area contributed by atoms with Crippen LogP contribution in [0.2, 0.25) is 0 Å². The summed E-state index contributed by atoms with van der Waals surface area (Å²) in [5.74, 6) is -0.171. The Kier molecular flexibility index (Phi) is 6.01. The molecule has 0 radical (unpaired) electrons. The van der Waals surface area contributed by atoms with Crippen LogP contribution in [0.25, 0.3) is 0 Å². The molecule has 2 N–H and O–H groups in total. The Balaban J connectivity index is 2.01. The molecule has 1 aliphatic rings. The molecule has 2 amide bonds. The minimum absolute atomic E-state index is 0.0512. The maximum Gasteiger partial charge on any atom is 0.254 e. The van der Waals surface area contributed by atoms with Gasteiger partial charge in [-0.3, -0.25) is 9.59 Å². The van der Waals surface area contributed by atoms with Gasteiger partial charge in [-0.15, -0.1) is 0 Å². The zero-order valence-corrected chi connectivity index (χ0v) is 15.5. The van der Waals surface area contributed by atoms with E-state index in [0.717, 1.165) is 24.0 Å². The van der Waals surface area contributed by atoms with Gasteiger partial charge in [-0.05, 0) is 58.2 Å². The second kappa shape index (κ2) is 7.83. The van der Waals surface area contributed by atoms with Gasteiger partial charge in [0.1, 0.15) is 0 Å². The molecule has 1 fully saturated rings. The molecule has 0 aromatic heterocycles. The maximum absolute atomic E-state index is 12.7. The number of hydrogen-bond acceptors (Lipinski definition) is 3. The van der Waals surface area contributed by atoms with Crippen LogP contribution < -0.4 is 5.32 Å². The molecule has 1 aliphatic heterocycles. The molecular formula is C20H28N2O3. The van der Waals surface area contributed by atoms with Crippen LogP contribution >= 0.6 is 0 Å². The van der Waals surface area contributed by atoms with E-state index < -0.39 is 5.60 Å². The highest BCUT2D eigenvalue weighted by Crippen LogP contribution is 2.28. The minimum atomic E-state index is -0.901. The van der Waals surface area contributed by atoms with Crippen molar-refractivity contribution in [1.82, 2.24) is 10.2 Å². The quantitative estimate of drug-likeness (QED) is 0.807. The maximum atomic E-state index is 12.7. The van der Waals surface area contributed by atoms with E-state index in [1.165, 1.54) is 0 Å². The lowest BCUT2D eigenvalue weighted by atomic mass is 9.96. The number of hydrogen-bond donors (Lipinski definition) is 2. The Hall–Kier alpha value is -2.14. The van der Waals surface area contributed by atoms with Crippen molar-refractivity contribution in [3.05, 3.63) is 47.0 Å². The summed E-state index contributed by atoms with van der Waals surface area (Å²) < 4.78 is 0. The molecule has 25 heavy (non-hydrogen) atoms. The zero-order chi connectivity index (χ0) is 18.6. The summed E-state index contributed by atoms with van der Waals surface area (Å²) in [6.07, 6.45) is 3.29. The van der Waals surface area contributed by atoms with Crippen molar-refractivity contribution in [2.45, 2.75) is 58.7 Å². The van der Waals surface area contributed by atoms with Crippen molar-refractivity contribution >= 4 is 11.8 Å². The largest absolute Gasteiger partial charge is 0.388 e. The average Bonchev–Trinajstić information content (AvgIpc) is 3.02. The van der Waals surface area contributed by atoms with Crippen molar-refractivity contribution in [1.29, 1.82) is 0 Å². The lowest BCUT2D eigenvalue weighted by Gasteiger charge is -2.33. The molecule has 1 unspecified atom stereocenters. The van der Waals surface area contributed by atoms with E-state index >= 15 is 0 Å². The van der Waals surface area contributed by atoms with E-state index in [0.29, 0.717) is 18.7 Å². The van der Waals surface area contributed by atoms with E-state index in [1.807, 2.05) is 26.0 Å². The highest BCUT2D eigenvalue weighted by Gasteiger charge is 2.38. The summed E-state index contributed by atoms with van der Waals surface area (Å²) in [6, 6.07) is 7.12. The summed E-state index contributed by atoms with van der Waals surface area (Å²) in [5, 5.41) is 13.1. The van der Waals surface area contributed by atoms with E-state index in [2.05, 4.69) is 5.32 Å². The third-order valence-corrected chi connectivity index (χ3v) is 4.42. The molecule has 0 saturated carbocycles. The minimum Gasteiger partial charge on any atom is -0.388 e. The van der Waals surface area contributed by atoms with Crippen LogP contribution in [0, 0.1) is 0 Å². The second-order valence-corrected chi connectivity index (χ2v) is 7.45. The SMILES string of the molecule is CC(C)=CC(=O)NCc1ccc(C(=O)N2CCCC2C(C)(C)O)cc1. The Labute approximate surface area is 149 Å². The van der Waals surface area contributed by atoms with Gasteiger partial charge in [-0.1, -0.05) is 17.7 Å². The second-order valence-electron chi connectivity index (χ2n) is 7.45. The zero-order valence-electron chi connectivity index (χ0n) is 15.5. The van der Waals surface area contributed by atoms with E-state index in [4.69, 9.17) is 0 Å². The van der Waals surface area contributed by atoms with Crippen molar-refractivity contribution in [3.8, 4) is 0 Å². The predicted octanol–water partition coefficient (Wildman–Crippen LogP) is 2.64. The topological polar surface area (TPSA) is 69.6 Å². The average molecular weight is 344 g/mol. The first-order chi connectivity index (χ1) is 11.7. The Morgan fingerprint density at radius 1 is 1.28 bits per heavy atom. The molecule has 0 spiro atoms. The van der Waals surface area contributed by atoms with E-state index in [9.17, 15) is 14.7 Å². The summed E-state index contributed by atoms with van der Waals surface area (Å²) in [6.45, 7) is 8.35. The summed E-state index contributed by atoms with van der Waals surface area (Å²) >= 11 is 0. The number of amides is 2. The lowest BCUT2D eigenvalue weighted by Crippen LogP contribution is -2.48. The molecule has 1 saturated heterocycles. The first kappa shape index (κ1) is 19.2. The molecule has 2 rings (SSSR count). The number of benzene rings is 1. The molecule has 5 nitrogen and oxygen atoms in total. The Bertz CT molecular complexity index is 653. The molecule has 1 heterocycles. The number of nitrogens with zero attached hydrogens (tertiary/aromatic N) is 1. The molecule has 136 valence electrons. The van der Waals surface area contributed by atoms with Crippen LogP contribution in [0.4, 0.5) is 0 Å². The van der Waals surface area contributed by atoms with Crippen LogP contribution in [0.3, 0.4) is 0 Å². The van der Waals surface area contributed by atoms with Crippen LogP contribution in [0.1, 0.15) is 56.5 Å². The van der Waals surface area contributed by atoms with Gasteiger partial charge in [0.25, 0.3) is 5.91 Å². The number of nitrogens with one attached hydrogen (secondary N) is 1. The van der Waals surface area contributed by atoms with Gasteiger partial charge < -0.3 is 15.3 Å². The van der Waals surface area contributed by atoms with Crippen molar-refractivity contribution < 1.29 is 14.7 Å². The van der Waals surface area contributed by atoms with Crippen LogP contribution in [-0.4, -0.2) is 40.0 Å². The number of aliphatic hydroxyl groups is 1. The van der Waals surface area contributed by atoms with Gasteiger partial charge >= 0.3 is 0 Å². The van der Waals surface area contributed by atoms with E-state index in [1.54, 1.807) is 37.0 Å². The summed E-state index contributed by atoms with van der Waals surface area (Å²) in [4.78, 5) is 26.1. The standard InChI is InChI=1S/C20H28N2O3/c1-14(2)12-18(23)21-13-15-7-9-16(10-8-15)19(24)22-11-5-6-17(22)20(3,4)25/h7-10,12,17,25H,5-6,11,13H2,1-4H3,(H,21,23). The first-order valence-corrected chi connectivity index (χ1v) is 8.73. The normalized spacial score (nSPS) is 17.3. The summed E-state index contributed by atoms with van der Waals surface area (Å²) in [7, 11) is 0. The molecular weight excluding hydrogens is 316 g/mol. The predicted molar refractivity (Wildman–Crippen MR) is 98.1 cm³/mol. The Morgan fingerprint density at radius 3 is 2.48 bits per heavy atom. The fourth-order valence-corrected chi connectivity index (χ4v) is 3.18. The van der Waals surface area contributed by atoms with Gasteiger partial charge in [-0.25, -0.2) is 0 Å². The molecule has 1 aromatic rings. The summed E-state index contributed by atoms with van der Waals surface area (Å²) in [5.41, 5.74) is 1.59. The van der Waals surface area contributed by atoms with Gasteiger partial charge in [0.2, 0.25) is 5.91 Å². The Morgan fingerprint density at radius 2 is 1.92 bits per heavy atom. The van der Waals surface area contributed by atoms with Gasteiger partial charge in [0.05, 0.1) is 11.6 Å². The van der Waals surface area contributed by atoms with Crippen LogP contribution in [0.5, 0.6) is 0 Å². The fourth-order valence-electron chi connectivity index (χ4n) is 3.18. The van der Waals surface area contributed by atoms with Gasteiger partial charge in [0, 0.05) is 24.7 Å². The number of likely N-dealkylation sites (tertiary alicyclic amines) is 1. The van der Waals surface area contributed by atoms with Crippen LogP contribution in [0.15, 0.2) is 35.9 Å². The van der Waals surface area contributed by atoms with Crippen molar-refractivity contribution in [2.24, 2.45) is 0 Å². The monoisotopic (exact) mass is 344 g/mol. The smallest absolute Gasteiger partial charge is 0.254 e. The number of carbonyl (C=O) groups excluding carboxylic acids is 2. The number of rotatable bonds is 5. The highest BCUT2D eigenvalue weighted by atomic mass is 16.3. The number of allylic oxidation sites excluding steroid dienone is 1.